The zero-order chi connectivity index (χ0) is 17.8. The molecule has 136 valence electrons. The van der Waals surface area contributed by atoms with Crippen molar-refractivity contribution in [3.05, 3.63) is 17.8 Å². The summed E-state index contributed by atoms with van der Waals surface area (Å²) in [7, 11) is 1.57. The molecular weight excluding hydrogens is 318 g/mol. The summed E-state index contributed by atoms with van der Waals surface area (Å²) >= 11 is 0. The van der Waals surface area contributed by atoms with Gasteiger partial charge in [-0.1, -0.05) is 25.7 Å². The summed E-state index contributed by atoms with van der Waals surface area (Å²) in [5.74, 6) is 1.45. The summed E-state index contributed by atoms with van der Waals surface area (Å²) in [5.41, 5.74) is 1.46. The first-order valence-corrected chi connectivity index (χ1v) is 9.14. The van der Waals surface area contributed by atoms with Crippen LogP contribution in [0, 0.1) is 5.92 Å². The minimum absolute atomic E-state index is 0.0596. The number of carbonyl (C=O) groups excluding carboxylic acids is 1. The van der Waals surface area contributed by atoms with E-state index in [-0.39, 0.29) is 11.8 Å². The molecule has 0 atom stereocenters. The van der Waals surface area contributed by atoms with Crippen LogP contribution in [-0.2, 0) is 17.9 Å². The van der Waals surface area contributed by atoms with Crippen LogP contribution < -0.4 is 10.1 Å². The van der Waals surface area contributed by atoms with Gasteiger partial charge in [-0.05, 0) is 25.3 Å². The molecule has 1 amide bonds. The highest BCUT2D eigenvalue weighted by Gasteiger charge is 2.17. The minimum atomic E-state index is 0.0596. The van der Waals surface area contributed by atoms with Crippen LogP contribution in [0.2, 0.25) is 0 Å². The van der Waals surface area contributed by atoms with E-state index >= 15 is 0 Å². The Bertz CT molecular complexity index is 748. The van der Waals surface area contributed by atoms with Gasteiger partial charge >= 0.3 is 0 Å². The van der Waals surface area contributed by atoms with E-state index in [1.54, 1.807) is 17.9 Å². The number of amides is 1. The minimum Gasteiger partial charge on any atom is -0.494 e. The Balaban J connectivity index is 1.67. The first kappa shape index (κ1) is 17.6. The molecule has 0 radical (unpaired) electrons. The Hall–Kier alpha value is -2.24. The lowest BCUT2D eigenvalue weighted by Gasteiger charge is -2.11. The number of methoxy groups -OCH3 is 1. The molecule has 0 spiro atoms. The smallest absolute Gasteiger partial charge is 0.220 e. The fourth-order valence-corrected chi connectivity index (χ4v) is 3.65. The number of aromatic hydroxyl groups is 1. The normalized spacial score (nSPS) is 15.0. The lowest BCUT2D eigenvalue weighted by Crippen LogP contribution is -2.23. The average Bonchev–Trinajstić information content (AvgIpc) is 3.25. The third-order valence-electron chi connectivity index (χ3n) is 5.15. The zero-order valence-electron chi connectivity index (χ0n) is 15.0. The molecule has 1 fully saturated rings. The monoisotopic (exact) mass is 345 g/mol. The van der Waals surface area contributed by atoms with Crippen LogP contribution in [0.4, 0.5) is 0 Å². The maximum Gasteiger partial charge on any atom is 0.220 e. The quantitative estimate of drug-likeness (QED) is 0.807. The van der Waals surface area contributed by atoms with Gasteiger partial charge in [0.05, 0.1) is 18.0 Å². The summed E-state index contributed by atoms with van der Waals surface area (Å²) in [6, 6.07) is 1.85. The molecule has 1 aliphatic rings. The summed E-state index contributed by atoms with van der Waals surface area (Å²) in [5, 5.41) is 13.9. The standard InChI is InChI=1S/C19H27N3O3/c1-3-22-12-16-15(19(22)24)10-14(18(21-16)25-2)11-20-17(23)9-8-13-6-4-5-7-13/h10,12-13,24H,3-9,11H2,1-2H3,(H,20,23). The summed E-state index contributed by atoms with van der Waals surface area (Å²) in [6.07, 6.45) is 8.47. The number of pyridine rings is 1. The van der Waals surface area contributed by atoms with E-state index in [2.05, 4.69) is 10.3 Å². The lowest BCUT2D eigenvalue weighted by molar-refractivity contribution is -0.121. The third kappa shape index (κ3) is 3.89. The first-order valence-electron chi connectivity index (χ1n) is 9.14. The molecule has 0 bridgehead atoms. The highest BCUT2D eigenvalue weighted by atomic mass is 16.5. The second-order valence-corrected chi connectivity index (χ2v) is 6.79. The molecule has 3 rings (SSSR count). The summed E-state index contributed by atoms with van der Waals surface area (Å²) < 4.78 is 7.09. The topological polar surface area (TPSA) is 76.4 Å². The van der Waals surface area contributed by atoms with Gasteiger partial charge in [0.1, 0.15) is 0 Å². The van der Waals surface area contributed by atoms with Gasteiger partial charge in [-0.2, -0.15) is 0 Å². The number of carbonyl (C=O) groups is 1. The fraction of sp³-hybridized carbons (Fsp3) is 0.579. The van der Waals surface area contributed by atoms with Crippen LogP contribution in [0.15, 0.2) is 12.3 Å². The third-order valence-corrected chi connectivity index (χ3v) is 5.15. The largest absolute Gasteiger partial charge is 0.494 e. The number of aryl methyl sites for hydroxylation is 1. The number of nitrogens with one attached hydrogen (secondary N) is 1. The van der Waals surface area contributed by atoms with E-state index in [0.29, 0.717) is 42.2 Å². The number of hydrogen-bond acceptors (Lipinski definition) is 4. The van der Waals surface area contributed by atoms with Crippen molar-refractivity contribution in [3.8, 4) is 11.8 Å². The molecule has 0 saturated heterocycles. The predicted octanol–water partition coefficient (Wildman–Crippen LogP) is 3.36. The van der Waals surface area contributed by atoms with Crippen LogP contribution in [0.3, 0.4) is 0 Å². The molecule has 2 aromatic rings. The van der Waals surface area contributed by atoms with Crippen LogP contribution >= 0.6 is 0 Å². The number of nitrogens with zero attached hydrogens (tertiary/aromatic N) is 2. The Morgan fingerprint density at radius 3 is 2.88 bits per heavy atom. The molecule has 1 saturated carbocycles. The Kier molecular flexibility index (Phi) is 5.46. The van der Waals surface area contributed by atoms with Gasteiger partial charge < -0.3 is 19.7 Å². The zero-order valence-corrected chi connectivity index (χ0v) is 15.0. The van der Waals surface area contributed by atoms with E-state index in [1.807, 2.05) is 13.0 Å². The highest BCUT2D eigenvalue weighted by Crippen LogP contribution is 2.31. The van der Waals surface area contributed by atoms with Gasteiger partial charge in [-0.25, -0.2) is 4.98 Å². The van der Waals surface area contributed by atoms with Gasteiger partial charge in [0.2, 0.25) is 17.7 Å². The molecule has 0 aliphatic heterocycles. The molecule has 2 aromatic heterocycles. The van der Waals surface area contributed by atoms with Gasteiger partial charge in [-0.15, -0.1) is 0 Å². The van der Waals surface area contributed by atoms with Crippen molar-refractivity contribution in [2.45, 2.75) is 58.5 Å². The van der Waals surface area contributed by atoms with E-state index in [9.17, 15) is 9.90 Å². The van der Waals surface area contributed by atoms with Crippen molar-refractivity contribution < 1.29 is 14.6 Å². The van der Waals surface area contributed by atoms with Crippen molar-refractivity contribution in [2.75, 3.05) is 7.11 Å². The lowest BCUT2D eigenvalue weighted by atomic mass is 10.0. The Labute approximate surface area is 148 Å². The van der Waals surface area contributed by atoms with E-state index in [4.69, 9.17) is 4.74 Å². The molecule has 6 heteroatoms. The first-order chi connectivity index (χ1) is 12.1. The molecule has 2 N–H and O–H groups in total. The van der Waals surface area contributed by atoms with E-state index in [1.165, 1.54) is 25.7 Å². The van der Waals surface area contributed by atoms with Gasteiger partial charge in [0.15, 0.2) is 0 Å². The second-order valence-electron chi connectivity index (χ2n) is 6.79. The number of rotatable bonds is 7. The number of hydrogen-bond donors (Lipinski definition) is 2. The molecule has 25 heavy (non-hydrogen) atoms. The SMILES string of the molecule is CCn1cc2nc(OC)c(CNC(=O)CCC3CCCC3)cc2c1O. The second kappa shape index (κ2) is 7.76. The van der Waals surface area contributed by atoms with Gasteiger partial charge in [0.25, 0.3) is 0 Å². The molecule has 2 heterocycles. The van der Waals surface area contributed by atoms with Gasteiger partial charge in [0, 0.05) is 31.3 Å². The molecular formula is C19H27N3O3. The maximum absolute atomic E-state index is 12.1. The molecule has 0 aromatic carbocycles. The van der Waals surface area contributed by atoms with Crippen molar-refractivity contribution in [1.82, 2.24) is 14.9 Å². The van der Waals surface area contributed by atoms with Crippen molar-refractivity contribution in [1.29, 1.82) is 0 Å². The van der Waals surface area contributed by atoms with Gasteiger partial charge in [-0.3, -0.25) is 4.79 Å². The van der Waals surface area contributed by atoms with Crippen LogP contribution in [0.25, 0.3) is 10.9 Å². The van der Waals surface area contributed by atoms with Crippen molar-refractivity contribution in [3.63, 3.8) is 0 Å². The predicted molar refractivity (Wildman–Crippen MR) is 96.7 cm³/mol. The maximum atomic E-state index is 12.1. The van der Waals surface area contributed by atoms with E-state index < -0.39 is 0 Å². The van der Waals surface area contributed by atoms with Crippen LogP contribution in [0.5, 0.6) is 11.8 Å². The molecule has 6 nitrogen and oxygen atoms in total. The average molecular weight is 345 g/mol. The van der Waals surface area contributed by atoms with Crippen molar-refractivity contribution >= 4 is 16.8 Å². The Morgan fingerprint density at radius 2 is 2.20 bits per heavy atom. The summed E-state index contributed by atoms with van der Waals surface area (Å²) in [6.45, 7) is 2.98. The number of fused-ring (bicyclic) bond motifs is 1. The Morgan fingerprint density at radius 1 is 1.44 bits per heavy atom. The van der Waals surface area contributed by atoms with E-state index in [0.717, 1.165) is 12.0 Å². The number of aromatic nitrogens is 2. The highest BCUT2D eigenvalue weighted by molar-refractivity contribution is 5.86. The van der Waals surface area contributed by atoms with Crippen molar-refractivity contribution in [2.24, 2.45) is 5.92 Å². The fourth-order valence-electron chi connectivity index (χ4n) is 3.65. The summed E-state index contributed by atoms with van der Waals surface area (Å²) in [4.78, 5) is 16.6. The molecule has 0 unspecified atom stereocenters. The molecule has 1 aliphatic carbocycles. The number of ether oxygens (including phenoxy) is 1. The van der Waals surface area contributed by atoms with Crippen LogP contribution in [0.1, 0.15) is 51.0 Å². The van der Waals surface area contributed by atoms with Crippen LogP contribution in [-0.4, -0.2) is 27.7 Å².